The molecule has 1 atom stereocenters. The Morgan fingerprint density at radius 2 is 2.38 bits per heavy atom. The van der Waals surface area contributed by atoms with Gasteiger partial charge in [-0.3, -0.25) is 5.41 Å². The fourth-order valence-electron chi connectivity index (χ4n) is 1.55. The number of nitrogens with one attached hydrogen (secondary N) is 1. The Kier molecular flexibility index (Phi) is 3.46. The van der Waals surface area contributed by atoms with Crippen LogP contribution in [0.1, 0.15) is 12.0 Å². The van der Waals surface area contributed by atoms with Crippen LogP contribution in [0.15, 0.2) is 22.7 Å². The Morgan fingerprint density at radius 1 is 1.56 bits per heavy atom. The van der Waals surface area contributed by atoms with E-state index in [2.05, 4.69) is 15.9 Å². The molecule has 3 N–H and O–H groups in total. The van der Waals surface area contributed by atoms with Gasteiger partial charge in [0, 0.05) is 12.0 Å². The van der Waals surface area contributed by atoms with E-state index < -0.39 is 0 Å². The number of halogens is 1. The lowest BCUT2D eigenvalue weighted by Gasteiger charge is -2.13. The standard InChI is InChI=1S/C11H13BrN2O2/c12-9-5-7(11(13)14)1-2-10(9)16-8-3-4-15-6-8/h1-2,5,8H,3-4,6H2,(H3,13,14). The molecule has 1 aromatic rings. The Morgan fingerprint density at radius 3 is 2.94 bits per heavy atom. The molecule has 16 heavy (non-hydrogen) atoms. The number of nitrogens with two attached hydrogens (primary N) is 1. The van der Waals surface area contributed by atoms with Crippen LogP contribution in [0, 0.1) is 5.41 Å². The Hall–Kier alpha value is -1.07. The molecule has 0 aromatic heterocycles. The molecule has 0 amide bonds. The van der Waals surface area contributed by atoms with E-state index in [9.17, 15) is 0 Å². The molecule has 1 unspecified atom stereocenters. The average molecular weight is 285 g/mol. The van der Waals surface area contributed by atoms with Gasteiger partial charge in [-0.2, -0.15) is 0 Å². The van der Waals surface area contributed by atoms with Crippen LogP contribution in [-0.4, -0.2) is 25.2 Å². The number of nitrogen functional groups attached to an aromatic ring is 1. The number of amidine groups is 1. The third-order valence-electron chi connectivity index (χ3n) is 2.42. The lowest BCUT2D eigenvalue weighted by molar-refractivity contribution is 0.141. The van der Waals surface area contributed by atoms with Crippen molar-refractivity contribution in [3.05, 3.63) is 28.2 Å². The van der Waals surface area contributed by atoms with Gasteiger partial charge in [0.1, 0.15) is 17.7 Å². The summed E-state index contributed by atoms with van der Waals surface area (Å²) in [6, 6.07) is 5.38. The number of ether oxygens (including phenoxy) is 2. The molecule has 1 heterocycles. The van der Waals surface area contributed by atoms with E-state index in [4.69, 9.17) is 20.6 Å². The van der Waals surface area contributed by atoms with Gasteiger partial charge < -0.3 is 15.2 Å². The van der Waals surface area contributed by atoms with Crippen LogP contribution < -0.4 is 10.5 Å². The highest BCUT2D eigenvalue weighted by Gasteiger charge is 2.18. The van der Waals surface area contributed by atoms with Crippen LogP contribution in [0.4, 0.5) is 0 Å². The summed E-state index contributed by atoms with van der Waals surface area (Å²) in [6.07, 6.45) is 1.04. The zero-order valence-electron chi connectivity index (χ0n) is 8.70. The summed E-state index contributed by atoms with van der Waals surface area (Å²) >= 11 is 3.40. The topological polar surface area (TPSA) is 68.3 Å². The molecule has 5 heteroatoms. The van der Waals surface area contributed by atoms with Gasteiger partial charge in [0.25, 0.3) is 0 Å². The van der Waals surface area contributed by atoms with Crippen LogP contribution in [0.3, 0.4) is 0 Å². The number of benzene rings is 1. The van der Waals surface area contributed by atoms with Crippen molar-refractivity contribution in [2.24, 2.45) is 5.73 Å². The van der Waals surface area contributed by atoms with Gasteiger partial charge in [-0.1, -0.05) is 0 Å². The molecule has 1 aromatic carbocycles. The third-order valence-corrected chi connectivity index (χ3v) is 3.04. The molecule has 1 fully saturated rings. The SMILES string of the molecule is N=C(N)c1ccc(OC2CCOC2)c(Br)c1. The molecular formula is C11H13BrN2O2. The van der Waals surface area contributed by atoms with E-state index in [0.717, 1.165) is 23.2 Å². The van der Waals surface area contributed by atoms with Gasteiger partial charge in [0.05, 0.1) is 17.7 Å². The second-order valence-electron chi connectivity index (χ2n) is 3.66. The van der Waals surface area contributed by atoms with Crippen molar-refractivity contribution < 1.29 is 9.47 Å². The lowest BCUT2D eigenvalue weighted by Crippen LogP contribution is -2.16. The predicted octanol–water partition coefficient (Wildman–Crippen LogP) is 1.90. The normalized spacial score (nSPS) is 19.7. The van der Waals surface area contributed by atoms with Gasteiger partial charge in [0.2, 0.25) is 0 Å². The van der Waals surface area contributed by atoms with Crippen molar-refractivity contribution in [2.75, 3.05) is 13.2 Å². The van der Waals surface area contributed by atoms with Crippen molar-refractivity contribution in [3.63, 3.8) is 0 Å². The maximum absolute atomic E-state index is 7.32. The Balaban J connectivity index is 2.12. The fourth-order valence-corrected chi connectivity index (χ4v) is 2.02. The molecule has 0 spiro atoms. The van der Waals surface area contributed by atoms with E-state index in [0.29, 0.717) is 12.2 Å². The maximum Gasteiger partial charge on any atom is 0.134 e. The van der Waals surface area contributed by atoms with Crippen molar-refractivity contribution in [3.8, 4) is 5.75 Å². The van der Waals surface area contributed by atoms with Crippen molar-refractivity contribution >= 4 is 21.8 Å². The van der Waals surface area contributed by atoms with Crippen LogP contribution in [0.25, 0.3) is 0 Å². The monoisotopic (exact) mass is 284 g/mol. The van der Waals surface area contributed by atoms with E-state index in [1.807, 2.05) is 6.07 Å². The summed E-state index contributed by atoms with van der Waals surface area (Å²) < 4.78 is 11.8. The largest absolute Gasteiger partial charge is 0.487 e. The second-order valence-corrected chi connectivity index (χ2v) is 4.52. The molecular weight excluding hydrogens is 272 g/mol. The lowest BCUT2D eigenvalue weighted by atomic mass is 10.2. The first kappa shape index (κ1) is 11.4. The second kappa shape index (κ2) is 4.84. The number of hydrogen-bond donors (Lipinski definition) is 2. The first-order valence-corrected chi connectivity index (χ1v) is 5.84. The van der Waals surface area contributed by atoms with E-state index in [-0.39, 0.29) is 11.9 Å². The summed E-state index contributed by atoms with van der Waals surface area (Å²) in [5.74, 6) is 0.817. The number of hydrogen-bond acceptors (Lipinski definition) is 3. The summed E-state index contributed by atoms with van der Waals surface area (Å²) in [5, 5.41) is 7.32. The zero-order valence-corrected chi connectivity index (χ0v) is 10.3. The molecule has 1 aliphatic rings. The molecule has 0 radical (unpaired) electrons. The minimum Gasteiger partial charge on any atom is -0.487 e. The van der Waals surface area contributed by atoms with Crippen molar-refractivity contribution in [1.82, 2.24) is 0 Å². The third kappa shape index (κ3) is 2.54. The Labute approximate surface area is 102 Å². The molecule has 2 rings (SSSR count). The van der Waals surface area contributed by atoms with Crippen molar-refractivity contribution in [1.29, 1.82) is 5.41 Å². The van der Waals surface area contributed by atoms with Gasteiger partial charge in [0.15, 0.2) is 0 Å². The van der Waals surface area contributed by atoms with Gasteiger partial charge >= 0.3 is 0 Å². The smallest absolute Gasteiger partial charge is 0.134 e. The molecule has 0 aliphatic carbocycles. The average Bonchev–Trinajstić information content (AvgIpc) is 2.73. The highest BCUT2D eigenvalue weighted by molar-refractivity contribution is 9.10. The minimum absolute atomic E-state index is 0.0523. The minimum atomic E-state index is 0.0523. The zero-order chi connectivity index (χ0) is 11.5. The summed E-state index contributed by atoms with van der Waals surface area (Å²) in [7, 11) is 0. The van der Waals surface area contributed by atoms with Crippen LogP contribution in [0.2, 0.25) is 0 Å². The predicted molar refractivity (Wildman–Crippen MR) is 65.0 cm³/mol. The van der Waals surface area contributed by atoms with Crippen LogP contribution in [0.5, 0.6) is 5.75 Å². The van der Waals surface area contributed by atoms with Gasteiger partial charge in [-0.05, 0) is 34.1 Å². The van der Waals surface area contributed by atoms with Crippen LogP contribution >= 0.6 is 15.9 Å². The summed E-state index contributed by atoms with van der Waals surface area (Å²) in [6.45, 7) is 1.40. The highest BCUT2D eigenvalue weighted by Crippen LogP contribution is 2.28. The maximum atomic E-state index is 7.32. The first-order chi connectivity index (χ1) is 7.66. The highest BCUT2D eigenvalue weighted by atomic mass is 79.9. The van der Waals surface area contributed by atoms with E-state index in [1.165, 1.54) is 0 Å². The molecule has 4 nitrogen and oxygen atoms in total. The van der Waals surface area contributed by atoms with Crippen molar-refractivity contribution in [2.45, 2.75) is 12.5 Å². The quantitative estimate of drug-likeness (QED) is 0.658. The molecule has 1 saturated heterocycles. The number of rotatable bonds is 3. The first-order valence-electron chi connectivity index (χ1n) is 5.05. The molecule has 1 aliphatic heterocycles. The van der Waals surface area contributed by atoms with E-state index >= 15 is 0 Å². The molecule has 0 bridgehead atoms. The molecule has 86 valence electrons. The van der Waals surface area contributed by atoms with E-state index in [1.54, 1.807) is 12.1 Å². The fraction of sp³-hybridized carbons (Fsp3) is 0.364. The van der Waals surface area contributed by atoms with Crippen LogP contribution in [-0.2, 0) is 4.74 Å². The summed E-state index contributed by atoms with van der Waals surface area (Å²) in [4.78, 5) is 0. The van der Waals surface area contributed by atoms with Gasteiger partial charge in [-0.25, -0.2) is 0 Å². The Bertz CT molecular complexity index is 403. The summed E-state index contributed by atoms with van der Waals surface area (Å²) in [5.41, 5.74) is 6.08. The van der Waals surface area contributed by atoms with Gasteiger partial charge in [-0.15, -0.1) is 0 Å². The molecule has 0 saturated carbocycles.